The summed E-state index contributed by atoms with van der Waals surface area (Å²) in [5.41, 5.74) is 6.57. The smallest absolute Gasteiger partial charge is 0.237 e. The number of hydrogen-bond donors (Lipinski definition) is 2. The molecule has 2 rings (SSSR count). The van der Waals surface area contributed by atoms with Crippen LogP contribution in [-0.4, -0.2) is 16.9 Å². The van der Waals surface area contributed by atoms with E-state index in [4.69, 9.17) is 5.73 Å². The molecule has 1 unspecified atom stereocenters. The van der Waals surface area contributed by atoms with Gasteiger partial charge in [0.2, 0.25) is 5.91 Å². The second-order valence-corrected chi connectivity index (χ2v) is 5.33. The van der Waals surface area contributed by atoms with E-state index in [0.29, 0.717) is 5.92 Å². The van der Waals surface area contributed by atoms with Crippen LogP contribution in [0.1, 0.15) is 36.5 Å². The summed E-state index contributed by atoms with van der Waals surface area (Å²) in [5.74, 6) is 0.456. The maximum Gasteiger partial charge on any atom is 0.237 e. The summed E-state index contributed by atoms with van der Waals surface area (Å²) in [6, 6.07) is -0.389. The van der Waals surface area contributed by atoms with Crippen LogP contribution in [0.2, 0.25) is 0 Å². The molecule has 1 aliphatic rings. The first-order valence-electron chi connectivity index (χ1n) is 5.56. The SMILES string of the molecule is Cc1csc(C(NC(=O)[C@@H](C)N)C2CC2)n1.Cl.Cl. The Labute approximate surface area is 124 Å². The third-order valence-electron chi connectivity index (χ3n) is 2.71. The number of thiazole rings is 1. The fourth-order valence-electron chi connectivity index (χ4n) is 1.61. The first-order valence-corrected chi connectivity index (χ1v) is 6.44. The zero-order valence-corrected chi connectivity index (χ0v) is 12.8. The lowest BCUT2D eigenvalue weighted by molar-refractivity contribution is -0.122. The lowest BCUT2D eigenvalue weighted by atomic mass is 10.2. The summed E-state index contributed by atoms with van der Waals surface area (Å²) in [4.78, 5) is 16.1. The molecule has 1 amide bonds. The van der Waals surface area contributed by atoms with Gasteiger partial charge in [-0.15, -0.1) is 36.2 Å². The van der Waals surface area contributed by atoms with Gasteiger partial charge in [-0.2, -0.15) is 0 Å². The largest absolute Gasteiger partial charge is 0.345 e. The van der Waals surface area contributed by atoms with Gasteiger partial charge in [-0.3, -0.25) is 4.79 Å². The summed E-state index contributed by atoms with van der Waals surface area (Å²) in [7, 11) is 0. The Morgan fingerprint density at radius 3 is 2.56 bits per heavy atom. The quantitative estimate of drug-likeness (QED) is 0.895. The van der Waals surface area contributed by atoms with E-state index in [1.54, 1.807) is 18.3 Å². The highest BCUT2D eigenvalue weighted by Crippen LogP contribution is 2.41. The number of nitrogens with zero attached hydrogens (tertiary/aromatic N) is 1. The minimum Gasteiger partial charge on any atom is -0.345 e. The molecule has 1 aromatic heterocycles. The summed E-state index contributed by atoms with van der Waals surface area (Å²) < 4.78 is 0. The lowest BCUT2D eigenvalue weighted by Gasteiger charge is -2.17. The van der Waals surface area contributed by atoms with E-state index in [0.717, 1.165) is 10.7 Å². The van der Waals surface area contributed by atoms with Crippen molar-refractivity contribution in [3.05, 3.63) is 16.1 Å². The van der Waals surface area contributed by atoms with Crippen molar-refractivity contribution in [1.29, 1.82) is 0 Å². The number of carbonyl (C=O) groups excluding carboxylic acids is 1. The van der Waals surface area contributed by atoms with Crippen molar-refractivity contribution in [2.75, 3.05) is 0 Å². The molecule has 0 aliphatic heterocycles. The maximum absolute atomic E-state index is 11.6. The van der Waals surface area contributed by atoms with E-state index in [9.17, 15) is 4.79 Å². The van der Waals surface area contributed by atoms with Crippen LogP contribution in [0.15, 0.2) is 5.38 Å². The predicted octanol–water partition coefficient (Wildman–Crippen LogP) is 2.21. The minimum absolute atomic E-state index is 0. The third kappa shape index (κ3) is 4.39. The highest BCUT2D eigenvalue weighted by Gasteiger charge is 2.35. The van der Waals surface area contributed by atoms with Crippen molar-refractivity contribution >= 4 is 42.1 Å². The number of carbonyl (C=O) groups is 1. The Bertz CT molecular complexity index is 393. The second-order valence-electron chi connectivity index (χ2n) is 4.44. The van der Waals surface area contributed by atoms with Gasteiger partial charge < -0.3 is 11.1 Å². The standard InChI is InChI=1S/C11H17N3OS.2ClH/c1-6-5-16-11(13-6)9(8-3-4-8)14-10(15)7(2)12;;/h5,7-9H,3-4,12H2,1-2H3,(H,14,15);2*1H/t7-,9?;;/m1../s1. The van der Waals surface area contributed by atoms with Crippen LogP contribution in [-0.2, 0) is 4.79 Å². The van der Waals surface area contributed by atoms with Gasteiger partial charge in [0.15, 0.2) is 0 Å². The van der Waals surface area contributed by atoms with Crippen LogP contribution in [0.5, 0.6) is 0 Å². The fourth-order valence-corrected chi connectivity index (χ4v) is 2.55. The van der Waals surface area contributed by atoms with Crippen LogP contribution in [0.25, 0.3) is 0 Å². The molecule has 1 heterocycles. The summed E-state index contributed by atoms with van der Waals surface area (Å²) >= 11 is 1.61. The molecule has 0 radical (unpaired) electrons. The van der Waals surface area contributed by atoms with Crippen molar-refractivity contribution in [2.24, 2.45) is 11.7 Å². The second kappa shape index (κ2) is 7.28. The first-order chi connectivity index (χ1) is 7.58. The molecule has 1 fully saturated rings. The van der Waals surface area contributed by atoms with Gasteiger partial charge in [-0.05, 0) is 32.6 Å². The molecule has 18 heavy (non-hydrogen) atoms. The molecule has 1 saturated carbocycles. The highest BCUT2D eigenvalue weighted by molar-refractivity contribution is 7.09. The van der Waals surface area contributed by atoms with Crippen LogP contribution < -0.4 is 11.1 Å². The maximum atomic E-state index is 11.6. The van der Waals surface area contributed by atoms with Crippen molar-refractivity contribution in [3.63, 3.8) is 0 Å². The molecular weight excluding hydrogens is 293 g/mol. The molecule has 0 spiro atoms. The van der Waals surface area contributed by atoms with E-state index in [2.05, 4.69) is 10.3 Å². The van der Waals surface area contributed by atoms with E-state index >= 15 is 0 Å². The number of rotatable bonds is 4. The molecule has 4 nitrogen and oxygen atoms in total. The van der Waals surface area contributed by atoms with Gasteiger partial charge in [-0.1, -0.05) is 0 Å². The number of nitrogens with two attached hydrogens (primary N) is 1. The number of aromatic nitrogens is 1. The summed E-state index contributed by atoms with van der Waals surface area (Å²) in [6.45, 7) is 3.67. The Hall–Kier alpha value is -0.360. The molecule has 104 valence electrons. The van der Waals surface area contributed by atoms with Crippen LogP contribution in [0, 0.1) is 12.8 Å². The Kier molecular flexibility index (Phi) is 7.14. The number of aryl methyl sites for hydroxylation is 1. The van der Waals surface area contributed by atoms with Gasteiger partial charge in [0.05, 0.1) is 12.1 Å². The Balaban J connectivity index is 0.00000144. The topological polar surface area (TPSA) is 68.0 Å². The van der Waals surface area contributed by atoms with Crippen molar-refractivity contribution in [1.82, 2.24) is 10.3 Å². The average molecular weight is 312 g/mol. The molecule has 0 aromatic carbocycles. The number of halogens is 2. The zero-order chi connectivity index (χ0) is 11.7. The van der Waals surface area contributed by atoms with Crippen molar-refractivity contribution in [2.45, 2.75) is 38.8 Å². The monoisotopic (exact) mass is 311 g/mol. The molecule has 2 atom stereocenters. The summed E-state index contributed by atoms with van der Waals surface area (Å²) in [6.07, 6.45) is 2.34. The van der Waals surface area contributed by atoms with E-state index < -0.39 is 6.04 Å². The number of amides is 1. The summed E-state index contributed by atoms with van der Waals surface area (Å²) in [5, 5.41) is 6.02. The molecule has 0 bridgehead atoms. The molecule has 1 aliphatic carbocycles. The minimum atomic E-state index is -0.456. The van der Waals surface area contributed by atoms with E-state index in [-0.39, 0.29) is 36.8 Å². The molecule has 0 saturated heterocycles. The van der Waals surface area contributed by atoms with Gasteiger partial charge in [-0.25, -0.2) is 4.98 Å². The van der Waals surface area contributed by atoms with Crippen LogP contribution >= 0.6 is 36.2 Å². The van der Waals surface area contributed by atoms with E-state index in [1.807, 2.05) is 12.3 Å². The lowest BCUT2D eigenvalue weighted by Crippen LogP contribution is -2.40. The van der Waals surface area contributed by atoms with Gasteiger partial charge in [0, 0.05) is 11.1 Å². The predicted molar refractivity (Wildman–Crippen MR) is 78.6 cm³/mol. The van der Waals surface area contributed by atoms with Gasteiger partial charge in [0.1, 0.15) is 5.01 Å². The van der Waals surface area contributed by atoms with Crippen molar-refractivity contribution < 1.29 is 4.79 Å². The normalized spacial score (nSPS) is 17.1. The molecule has 1 aromatic rings. The zero-order valence-electron chi connectivity index (χ0n) is 10.4. The van der Waals surface area contributed by atoms with Gasteiger partial charge >= 0.3 is 0 Å². The first kappa shape index (κ1) is 17.6. The molecule has 3 N–H and O–H groups in total. The number of hydrogen-bond acceptors (Lipinski definition) is 4. The highest BCUT2D eigenvalue weighted by atomic mass is 35.5. The van der Waals surface area contributed by atoms with Crippen LogP contribution in [0.3, 0.4) is 0 Å². The van der Waals surface area contributed by atoms with Crippen molar-refractivity contribution in [3.8, 4) is 0 Å². The van der Waals surface area contributed by atoms with E-state index in [1.165, 1.54) is 12.8 Å². The third-order valence-corrected chi connectivity index (χ3v) is 3.75. The molecular formula is C11H19Cl2N3OS. The van der Waals surface area contributed by atoms with Gasteiger partial charge in [0.25, 0.3) is 0 Å². The Morgan fingerprint density at radius 2 is 2.17 bits per heavy atom. The molecule has 7 heteroatoms. The average Bonchev–Trinajstić information content (AvgIpc) is 2.97. The van der Waals surface area contributed by atoms with Crippen LogP contribution in [0.4, 0.5) is 0 Å². The number of nitrogens with one attached hydrogen (secondary N) is 1. The fraction of sp³-hybridized carbons (Fsp3) is 0.636. The Morgan fingerprint density at radius 1 is 1.56 bits per heavy atom.